The first-order valence-electron chi connectivity index (χ1n) is 6.99. The zero-order valence-corrected chi connectivity index (χ0v) is 11.5. The summed E-state index contributed by atoms with van der Waals surface area (Å²) in [6.07, 6.45) is 0.756. The second-order valence-corrected chi connectivity index (χ2v) is 5.61. The number of carbonyl (C=O) groups excluding carboxylic acids is 2. The summed E-state index contributed by atoms with van der Waals surface area (Å²) in [6, 6.07) is 6.03. The third kappa shape index (κ3) is 2.51. The molecular formula is C15H17FN2O3. The molecule has 1 aromatic carbocycles. The van der Waals surface area contributed by atoms with Gasteiger partial charge < -0.3 is 15.4 Å². The van der Waals surface area contributed by atoms with Crippen LogP contribution in [0.3, 0.4) is 0 Å². The Morgan fingerprint density at radius 2 is 1.95 bits per heavy atom. The molecule has 112 valence electrons. The monoisotopic (exact) mass is 292 g/mol. The fraction of sp³-hybridized carbons (Fsp3) is 0.467. The van der Waals surface area contributed by atoms with E-state index in [0.717, 1.165) is 5.56 Å². The second-order valence-electron chi connectivity index (χ2n) is 5.61. The van der Waals surface area contributed by atoms with Crippen LogP contribution in [-0.4, -0.2) is 36.4 Å². The molecule has 2 fully saturated rings. The Kier molecular flexibility index (Phi) is 3.41. The quantitative estimate of drug-likeness (QED) is 0.844. The highest BCUT2D eigenvalue weighted by atomic mass is 19.1. The van der Waals surface area contributed by atoms with Gasteiger partial charge in [0, 0.05) is 6.54 Å². The van der Waals surface area contributed by atoms with Crippen molar-refractivity contribution in [2.24, 2.45) is 11.1 Å². The van der Waals surface area contributed by atoms with Crippen LogP contribution in [0.4, 0.5) is 4.39 Å². The van der Waals surface area contributed by atoms with E-state index in [0.29, 0.717) is 32.5 Å². The second kappa shape index (κ2) is 5.11. The molecule has 0 unspecified atom stereocenters. The van der Waals surface area contributed by atoms with Crippen molar-refractivity contribution in [3.8, 4) is 0 Å². The Balaban J connectivity index is 1.73. The standard InChI is InChI=1S/C15H17FN2O3/c16-11-3-1-10(2-4-11)12-9-18(7-8-21-12)14(20)15(5-6-15)13(17)19/h1-4,12H,5-9H2,(H2,17,19)/t12-/m0/s1. The fourth-order valence-corrected chi connectivity index (χ4v) is 2.71. The maximum Gasteiger partial charge on any atom is 0.238 e. The van der Waals surface area contributed by atoms with Crippen LogP contribution in [0.2, 0.25) is 0 Å². The fourth-order valence-electron chi connectivity index (χ4n) is 2.71. The van der Waals surface area contributed by atoms with Gasteiger partial charge in [0.25, 0.3) is 0 Å². The van der Waals surface area contributed by atoms with Crippen molar-refractivity contribution in [2.75, 3.05) is 19.7 Å². The molecule has 1 aromatic rings. The zero-order chi connectivity index (χ0) is 15.0. The molecule has 1 aliphatic heterocycles. The lowest BCUT2D eigenvalue weighted by Gasteiger charge is -2.34. The van der Waals surface area contributed by atoms with Gasteiger partial charge in [-0.1, -0.05) is 12.1 Å². The minimum atomic E-state index is -0.995. The largest absolute Gasteiger partial charge is 0.370 e. The van der Waals surface area contributed by atoms with Crippen LogP contribution in [0.5, 0.6) is 0 Å². The highest BCUT2D eigenvalue weighted by molar-refractivity contribution is 6.07. The van der Waals surface area contributed by atoms with Crippen LogP contribution < -0.4 is 5.73 Å². The normalized spacial score (nSPS) is 23.7. The Hall–Kier alpha value is -1.95. The number of hydrogen-bond donors (Lipinski definition) is 1. The molecule has 1 saturated heterocycles. The van der Waals surface area contributed by atoms with Crippen molar-refractivity contribution in [1.29, 1.82) is 0 Å². The Morgan fingerprint density at radius 1 is 1.29 bits per heavy atom. The number of amides is 2. The molecule has 6 heteroatoms. The van der Waals surface area contributed by atoms with Crippen molar-refractivity contribution in [3.63, 3.8) is 0 Å². The van der Waals surface area contributed by atoms with Crippen LogP contribution >= 0.6 is 0 Å². The summed E-state index contributed by atoms with van der Waals surface area (Å²) < 4.78 is 18.6. The average Bonchev–Trinajstić information content (AvgIpc) is 3.29. The molecular weight excluding hydrogens is 275 g/mol. The number of rotatable bonds is 3. The summed E-state index contributed by atoms with van der Waals surface area (Å²) in [6.45, 7) is 1.20. The van der Waals surface area contributed by atoms with E-state index in [-0.39, 0.29) is 17.8 Å². The minimum Gasteiger partial charge on any atom is -0.370 e. The van der Waals surface area contributed by atoms with Gasteiger partial charge >= 0.3 is 0 Å². The SMILES string of the molecule is NC(=O)C1(C(=O)N2CCO[C@H](c3ccc(F)cc3)C2)CC1. The first-order valence-corrected chi connectivity index (χ1v) is 6.99. The highest BCUT2D eigenvalue weighted by Crippen LogP contribution is 2.47. The number of benzene rings is 1. The number of nitrogens with zero attached hydrogens (tertiary/aromatic N) is 1. The first kappa shape index (κ1) is 14.0. The minimum absolute atomic E-state index is 0.203. The summed E-state index contributed by atoms with van der Waals surface area (Å²) in [7, 11) is 0. The number of carbonyl (C=O) groups is 2. The molecule has 3 rings (SSSR count). The molecule has 1 saturated carbocycles. The molecule has 5 nitrogen and oxygen atoms in total. The maximum atomic E-state index is 13.0. The van der Waals surface area contributed by atoms with Gasteiger partial charge in [0.15, 0.2) is 0 Å². The van der Waals surface area contributed by atoms with Crippen molar-refractivity contribution in [3.05, 3.63) is 35.6 Å². The van der Waals surface area contributed by atoms with E-state index in [9.17, 15) is 14.0 Å². The predicted molar refractivity (Wildman–Crippen MR) is 72.5 cm³/mol. The molecule has 21 heavy (non-hydrogen) atoms. The zero-order valence-electron chi connectivity index (χ0n) is 11.5. The van der Waals surface area contributed by atoms with E-state index < -0.39 is 11.3 Å². The van der Waals surface area contributed by atoms with Crippen molar-refractivity contribution >= 4 is 11.8 Å². The topological polar surface area (TPSA) is 72.6 Å². The first-order chi connectivity index (χ1) is 10.0. The Morgan fingerprint density at radius 3 is 2.52 bits per heavy atom. The number of morpholine rings is 1. The third-order valence-corrected chi connectivity index (χ3v) is 4.23. The average molecular weight is 292 g/mol. The number of halogens is 1. The lowest BCUT2D eigenvalue weighted by atomic mass is 10.0. The van der Waals surface area contributed by atoms with Gasteiger partial charge in [-0.3, -0.25) is 9.59 Å². The number of nitrogens with two attached hydrogens (primary N) is 1. The summed E-state index contributed by atoms with van der Waals surface area (Å²) in [5.41, 5.74) is 5.17. The Labute approximate surface area is 121 Å². The molecule has 0 bridgehead atoms. The van der Waals surface area contributed by atoms with Gasteiger partial charge in [-0.05, 0) is 30.5 Å². The number of primary amides is 1. The third-order valence-electron chi connectivity index (χ3n) is 4.23. The van der Waals surface area contributed by atoms with Crippen LogP contribution in [0.25, 0.3) is 0 Å². The van der Waals surface area contributed by atoms with Crippen LogP contribution in [-0.2, 0) is 14.3 Å². The van der Waals surface area contributed by atoms with Gasteiger partial charge in [-0.2, -0.15) is 0 Å². The van der Waals surface area contributed by atoms with E-state index in [1.165, 1.54) is 12.1 Å². The van der Waals surface area contributed by atoms with E-state index in [1.807, 2.05) is 0 Å². The molecule has 1 atom stereocenters. The van der Waals surface area contributed by atoms with Crippen molar-refractivity contribution in [1.82, 2.24) is 4.90 Å². The van der Waals surface area contributed by atoms with Gasteiger partial charge in [-0.15, -0.1) is 0 Å². The van der Waals surface area contributed by atoms with Crippen LogP contribution in [0.15, 0.2) is 24.3 Å². The molecule has 0 spiro atoms. The van der Waals surface area contributed by atoms with Crippen LogP contribution in [0, 0.1) is 11.2 Å². The maximum absolute atomic E-state index is 13.0. The lowest BCUT2D eigenvalue weighted by Crippen LogP contribution is -2.48. The summed E-state index contributed by atoms with van der Waals surface area (Å²) in [5, 5.41) is 0. The van der Waals surface area contributed by atoms with Gasteiger partial charge in [0.1, 0.15) is 17.3 Å². The summed E-state index contributed by atoms with van der Waals surface area (Å²) in [4.78, 5) is 25.6. The number of ether oxygens (including phenoxy) is 1. The summed E-state index contributed by atoms with van der Waals surface area (Å²) >= 11 is 0. The molecule has 0 aromatic heterocycles. The highest BCUT2D eigenvalue weighted by Gasteiger charge is 2.57. The van der Waals surface area contributed by atoms with Gasteiger partial charge in [0.05, 0.1) is 13.2 Å². The van der Waals surface area contributed by atoms with E-state index >= 15 is 0 Å². The Bertz CT molecular complexity index is 569. The molecule has 2 N–H and O–H groups in total. The van der Waals surface area contributed by atoms with Gasteiger partial charge in [0.2, 0.25) is 11.8 Å². The molecule has 2 aliphatic rings. The molecule has 1 aliphatic carbocycles. The van der Waals surface area contributed by atoms with E-state index in [2.05, 4.69) is 0 Å². The van der Waals surface area contributed by atoms with Crippen molar-refractivity contribution in [2.45, 2.75) is 18.9 Å². The smallest absolute Gasteiger partial charge is 0.238 e. The van der Waals surface area contributed by atoms with Crippen LogP contribution in [0.1, 0.15) is 24.5 Å². The molecule has 1 heterocycles. The lowest BCUT2D eigenvalue weighted by molar-refractivity contribution is -0.149. The van der Waals surface area contributed by atoms with Crippen molar-refractivity contribution < 1.29 is 18.7 Å². The summed E-state index contributed by atoms with van der Waals surface area (Å²) in [5.74, 6) is -1.06. The number of hydrogen-bond acceptors (Lipinski definition) is 3. The van der Waals surface area contributed by atoms with E-state index in [4.69, 9.17) is 10.5 Å². The molecule has 2 amide bonds. The predicted octanol–water partition coefficient (Wildman–Crippen LogP) is 0.991. The van der Waals surface area contributed by atoms with E-state index in [1.54, 1.807) is 17.0 Å². The van der Waals surface area contributed by atoms with Gasteiger partial charge in [-0.25, -0.2) is 4.39 Å². The molecule has 0 radical (unpaired) electrons.